The van der Waals surface area contributed by atoms with E-state index in [4.69, 9.17) is 19.7 Å². The minimum atomic E-state index is -0.807. The first-order chi connectivity index (χ1) is 15.8. The molecule has 2 N–H and O–H groups in total. The van der Waals surface area contributed by atoms with Crippen LogP contribution in [0, 0.1) is 11.8 Å². The molecule has 0 saturated heterocycles. The monoisotopic (exact) mass is 468 g/mol. The molecule has 0 rings (SSSR count). The van der Waals surface area contributed by atoms with Gasteiger partial charge in [-0.1, -0.05) is 70.6 Å². The Balaban J connectivity index is 4.29. The van der Waals surface area contributed by atoms with E-state index in [1.54, 1.807) is 0 Å². The van der Waals surface area contributed by atoms with E-state index in [0.717, 1.165) is 12.8 Å². The topological polar surface area (TPSA) is 93.1 Å². The van der Waals surface area contributed by atoms with Gasteiger partial charge in [0.05, 0.1) is 12.2 Å². The third-order valence-electron chi connectivity index (χ3n) is 5.59. The Hall–Kier alpha value is -1.58. The fourth-order valence-electron chi connectivity index (χ4n) is 3.60. The molecule has 0 radical (unpaired) electrons. The summed E-state index contributed by atoms with van der Waals surface area (Å²) in [6, 6.07) is 0. The maximum atomic E-state index is 10.7. The van der Waals surface area contributed by atoms with Crippen molar-refractivity contribution in [3.63, 3.8) is 0 Å². The lowest BCUT2D eigenvalue weighted by Gasteiger charge is -2.22. The second-order valence-corrected chi connectivity index (χ2v) is 9.05. The van der Waals surface area contributed by atoms with Crippen LogP contribution in [0.1, 0.15) is 130 Å². The molecule has 6 nitrogen and oxygen atoms in total. The molecule has 0 heterocycles. The van der Waals surface area contributed by atoms with Crippen molar-refractivity contribution in [2.24, 2.45) is 0 Å². The van der Waals surface area contributed by atoms with E-state index in [1.807, 2.05) is 13.8 Å². The zero-order valence-corrected chi connectivity index (χ0v) is 21.3. The molecule has 0 amide bonds. The van der Waals surface area contributed by atoms with Crippen molar-refractivity contribution in [3.05, 3.63) is 0 Å². The van der Waals surface area contributed by atoms with Crippen LogP contribution < -0.4 is 0 Å². The number of carbonyl (C=O) groups is 2. The Morgan fingerprint density at radius 3 is 1.55 bits per heavy atom. The van der Waals surface area contributed by atoms with Crippen LogP contribution in [0.15, 0.2) is 0 Å². The van der Waals surface area contributed by atoms with E-state index in [1.165, 1.54) is 57.8 Å². The number of rotatable bonds is 22. The minimum Gasteiger partial charge on any atom is -0.481 e. The van der Waals surface area contributed by atoms with Gasteiger partial charge < -0.3 is 19.7 Å². The summed E-state index contributed by atoms with van der Waals surface area (Å²) in [6.45, 7) is 6.05. The van der Waals surface area contributed by atoms with Crippen molar-refractivity contribution < 1.29 is 29.3 Å². The van der Waals surface area contributed by atoms with E-state index in [9.17, 15) is 9.59 Å². The molecule has 0 fully saturated rings. The first kappa shape index (κ1) is 31.4. The van der Waals surface area contributed by atoms with Crippen molar-refractivity contribution in [2.75, 3.05) is 0 Å². The van der Waals surface area contributed by atoms with Gasteiger partial charge in [0.15, 0.2) is 0 Å². The lowest BCUT2D eigenvalue weighted by molar-refractivity contribution is -0.158. The van der Waals surface area contributed by atoms with Gasteiger partial charge in [-0.25, -0.2) is 0 Å². The third-order valence-corrected chi connectivity index (χ3v) is 5.59. The summed E-state index contributed by atoms with van der Waals surface area (Å²) in [6.07, 6.45) is 15.3. The molecule has 192 valence electrons. The van der Waals surface area contributed by atoms with Crippen LogP contribution in [-0.2, 0) is 19.1 Å². The van der Waals surface area contributed by atoms with Gasteiger partial charge in [0, 0.05) is 19.3 Å². The molecule has 0 aromatic heterocycles. The molecule has 2 unspecified atom stereocenters. The Kier molecular flexibility index (Phi) is 21.2. The number of aliphatic carboxylic acids is 2. The van der Waals surface area contributed by atoms with E-state index in [0.29, 0.717) is 25.7 Å². The number of carboxylic acid groups (broad SMARTS) is 2. The SMILES string of the molecule is CCCCCCCCCCCCC#CC(OC(C)CCCC(=O)O)OC(C)CCCC(=O)O. The van der Waals surface area contributed by atoms with Crippen LogP contribution in [0.4, 0.5) is 0 Å². The van der Waals surface area contributed by atoms with Gasteiger partial charge in [-0.2, -0.15) is 0 Å². The van der Waals surface area contributed by atoms with E-state index < -0.39 is 18.2 Å². The third kappa shape index (κ3) is 23.4. The Bertz CT molecular complexity index is 523. The Morgan fingerprint density at radius 1 is 0.697 bits per heavy atom. The predicted molar refractivity (Wildman–Crippen MR) is 132 cm³/mol. The Labute approximate surface area is 201 Å². The van der Waals surface area contributed by atoms with Crippen LogP contribution in [0.3, 0.4) is 0 Å². The van der Waals surface area contributed by atoms with Gasteiger partial charge >= 0.3 is 11.9 Å². The van der Waals surface area contributed by atoms with E-state index >= 15 is 0 Å². The average molecular weight is 469 g/mol. The van der Waals surface area contributed by atoms with Gasteiger partial charge in [-0.05, 0) is 51.9 Å². The largest absolute Gasteiger partial charge is 0.481 e. The fourth-order valence-corrected chi connectivity index (χ4v) is 3.60. The van der Waals surface area contributed by atoms with E-state index in [-0.39, 0.29) is 25.0 Å². The molecular formula is C27H48O6. The highest BCUT2D eigenvalue weighted by Crippen LogP contribution is 2.14. The zero-order chi connectivity index (χ0) is 24.7. The van der Waals surface area contributed by atoms with E-state index in [2.05, 4.69) is 18.8 Å². The van der Waals surface area contributed by atoms with Crippen LogP contribution in [0.25, 0.3) is 0 Å². The normalized spacial score (nSPS) is 13.7. The summed E-state index contributed by atoms with van der Waals surface area (Å²) in [5, 5.41) is 17.6. The maximum Gasteiger partial charge on any atom is 0.303 e. The number of hydrogen-bond donors (Lipinski definition) is 2. The van der Waals surface area contributed by atoms with Crippen molar-refractivity contribution in [2.45, 2.75) is 148 Å². The first-order valence-electron chi connectivity index (χ1n) is 13.1. The summed E-state index contributed by atoms with van der Waals surface area (Å²) < 4.78 is 11.9. The van der Waals surface area contributed by atoms with Crippen LogP contribution in [-0.4, -0.2) is 40.6 Å². The molecule has 33 heavy (non-hydrogen) atoms. The smallest absolute Gasteiger partial charge is 0.303 e. The highest BCUT2D eigenvalue weighted by Gasteiger charge is 2.16. The molecule has 2 atom stereocenters. The lowest BCUT2D eigenvalue weighted by Crippen LogP contribution is -2.26. The summed E-state index contributed by atoms with van der Waals surface area (Å²) in [5.74, 6) is 4.65. The minimum absolute atomic E-state index is 0.120. The van der Waals surface area contributed by atoms with Gasteiger partial charge in [0.25, 0.3) is 0 Å². The quantitative estimate of drug-likeness (QED) is 0.101. The molecule has 0 aromatic carbocycles. The molecule has 6 heteroatoms. The van der Waals surface area contributed by atoms with Crippen molar-refractivity contribution >= 4 is 11.9 Å². The van der Waals surface area contributed by atoms with Crippen LogP contribution in [0.2, 0.25) is 0 Å². The summed E-state index contributed by atoms with van der Waals surface area (Å²) in [4.78, 5) is 21.4. The standard InChI is InChI=1S/C27H48O6/c1-4-5-6-7-8-9-10-11-12-13-14-15-22-27(32-23(2)18-16-20-25(28)29)33-24(3)19-17-21-26(30)31/h23-24,27H,4-14,16-21H2,1-3H3,(H,28,29)(H,30,31). The van der Waals surface area contributed by atoms with Gasteiger partial charge in [0.2, 0.25) is 6.29 Å². The highest BCUT2D eigenvalue weighted by molar-refractivity contribution is 5.66. The molecule has 0 spiro atoms. The molecule has 0 aliphatic heterocycles. The second-order valence-electron chi connectivity index (χ2n) is 9.05. The van der Waals surface area contributed by atoms with Crippen LogP contribution >= 0.6 is 0 Å². The molecule has 0 aliphatic carbocycles. The van der Waals surface area contributed by atoms with Gasteiger partial charge in [0.1, 0.15) is 0 Å². The number of unbranched alkanes of at least 4 members (excludes halogenated alkanes) is 10. The first-order valence-corrected chi connectivity index (χ1v) is 13.1. The van der Waals surface area contributed by atoms with Crippen molar-refractivity contribution in [3.8, 4) is 11.8 Å². The maximum absolute atomic E-state index is 10.7. The summed E-state index contributed by atoms with van der Waals surface area (Å²) >= 11 is 0. The summed E-state index contributed by atoms with van der Waals surface area (Å²) in [5.41, 5.74) is 0. The second kappa shape index (κ2) is 22.2. The average Bonchev–Trinajstić information content (AvgIpc) is 2.73. The van der Waals surface area contributed by atoms with Crippen molar-refractivity contribution in [1.29, 1.82) is 0 Å². The lowest BCUT2D eigenvalue weighted by atomic mass is 10.1. The number of hydrogen-bond acceptors (Lipinski definition) is 4. The Morgan fingerprint density at radius 2 is 1.12 bits per heavy atom. The molecular weight excluding hydrogens is 420 g/mol. The molecule has 0 bridgehead atoms. The van der Waals surface area contributed by atoms with Gasteiger partial charge in [-0.15, -0.1) is 0 Å². The number of ether oxygens (including phenoxy) is 2. The summed E-state index contributed by atoms with van der Waals surface area (Å²) in [7, 11) is 0. The molecule has 0 saturated carbocycles. The highest BCUT2D eigenvalue weighted by atomic mass is 16.7. The predicted octanol–water partition coefficient (Wildman–Crippen LogP) is 6.95. The van der Waals surface area contributed by atoms with Crippen LogP contribution in [0.5, 0.6) is 0 Å². The van der Waals surface area contributed by atoms with Crippen molar-refractivity contribution in [1.82, 2.24) is 0 Å². The fraction of sp³-hybridized carbons (Fsp3) is 0.852. The zero-order valence-electron chi connectivity index (χ0n) is 21.3. The molecule has 0 aromatic rings. The molecule has 0 aliphatic rings. The number of carboxylic acids is 2. The van der Waals surface area contributed by atoms with Gasteiger partial charge in [-0.3, -0.25) is 9.59 Å².